The molecule has 25 heavy (non-hydrogen) atoms. The number of fused-ring (bicyclic) bond motifs is 1. The third-order valence-corrected chi connectivity index (χ3v) is 3.58. The van der Waals surface area contributed by atoms with Gasteiger partial charge in [-0.25, -0.2) is 18.7 Å². The van der Waals surface area contributed by atoms with Crippen LogP contribution in [0.25, 0.3) is 11.0 Å². The van der Waals surface area contributed by atoms with E-state index in [1.165, 1.54) is 23.1 Å². The molecule has 130 valence electrons. The summed E-state index contributed by atoms with van der Waals surface area (Å²) in [5.41, 5.74) is 2.39. The molecule has 0 aliphatic carbocycles. The molecule has 0 unspecified atom stereocenters. The van der Waals surface area contributed by atoms with E-state index in [4.69, 9.17) is 4.74 Å². The van der Waals surface area contributed by atoms with Crippen LogP contribution in [0.15, 0.2) is 36.4 Å². The van der Waals surface area contributed by atoms with Gasteiger partial charge in [-0.05, 0) is 31.2 Å². The molecule has 3 rings (SSSR count). The van der Waals surface area contributed by atoms with Gasteiger partial charge in [-0.1, -0.05) is 6.07 Å². The lowest BCUT2D eigenvalue weighted by molar-refractivity contribution is 0.0793. The number of imidazole rings is 1. The van der Waals surface area contributed by atoms with E-state index in [-0.39, 0.29) is 17.5 Å². The van der Waals surface area contributed by atoms with Gasteiger partial charge in [0.25, 0.3) is 12.3 Å². The fourth-order valence-electron chi connectivity index (χ4n) is 2.39. The van der Waals surface area contributed by atoms with Crippen molar-refractivity contribution < 1.29 is 18.3 Å². The molecule has 1 aromatic carbocycles. The lowest BCUT2D eigenvalue weighted by Crippen LogP contribution is -2.27. The van der Waals surface area contributed by atoms with Crippen LogP contribution in [0, 0.1) is 6.92 Å². The number of carbonyl (C=O) groups excluding carboxylic acids is 1. The second-order valence-corrected chi connectivity index (χ2v) is 5.45. The van der Waals surface area contributed by atoms with Gasteiger partial charge in [0.15, 0.2) is 6.61 Å². The van der Waals surface area contributed by atoms with Crippen molar-refractivity contribution in [2.24, 2.45) is 0 Å². The first-order valence-corrected chi connectivity index (χ1v) is 7.56. The smallest absolute Gasteiger partial charge is 0.276 e. The second-order valence-electron chi connectivity index (χ2n) is 5.45. The average molecular weight is 346 g/mol. The van der Waals surface area contributed by atoms with Gasteiger partial charge in [-0.3, -0.25) is 4.79 Å². The van der Waals surface area contributed by atoms with Crippen molar-refractivity contribution in [2.45, 2.75) is 13.3 Å². The summed E-state index contributed by atoms with van der Waals surface area (Å²) in [6, 6.07) is 9.87. The molecule has 1 amide bonds. The van der Waals surface area contributed by atoms with Gasteiger partial charge >= 0.3 is 0 Å². The molecule has 8 heteroatoms. The Morgan fingerprint density at radius 2 is 2.08 bits per heavy atom. The molecule has 0 saturated heterocycles. The predicted octanol–water partition coefficient (Wildman–Crippen LogP) is 3.19. The number of anilines is 1. The molecule has 1 N–H and O–H groups in total. The van der Waals surface area contributed by atoms with Crippen molar-refractivity contribution in [3.63, 3.8) is 0 Å². The maximum atomic E-state index is 12.6. The number of rotatable bonds is 5. The SMILES string of the molecule is Cc1nc2ccc(N(C)C(=O)c3cccc(OCC(F)F)n3)cc2[nH]1. The molecule has 0 radical (unpaired) electrons. The average Bonchev–Trinajstić information content (AvgIpc) is 2.98. The Hall–Kier alpha value is -3.03. The minimum atomic E-state index is -2.60. The number of aryl methyl sites for hydroxylation is 1. The molecule has 3 aromatic rings. The molecule has 2 aromatic heterocycles. The Labute approximate surface area is 142 Å². The highest BCUT2D eigenvalue weighted by Gasteiger charge is 2.17. The Morgan fingerprint density at radius 3 is 2.84 bits per heavy atom. The number of amides is 1. The largest absolute Gasteiger partial charge is 0.472 e. The summed E-state index contributed by atoms with van der Waals surface area (Å²) in [6.07, 6.45) is -2.60. The van der Waals surface area contributed by atoms with Gasteiger partial charge in [-0.2, -0.15) is 0 Å². The van der Waals surface area contributed by atoms with Gasteiger partial charge in [-0.15, -0.1) is 0 Å². The summed E-state index contributed by atoms with van der Waals surface area (Å²) in [5.74, 6) is 0.393. The number of halogens is 2. The number of nitrogens with one attached hydrogen (secondary N) is 1. The summed E-state index contributed by atoms with van der Waals surface area (Å²) in [6.45, 7) is 1.08. The topological polar surface area (TPSA) is 71.1 Å². The zero-order valence-electron chi connectivity index (χ0n) is 13.7. The van der Waals surface area contributed by atoms with E-state index in [1.54, 1.807) is 13.1 Å². The van der Waals surface area contributed by atoms with E-state index in [9.17, 15) is 13.6 Å². The van der Waals surface area contributed by atoms with Crippen LogP contribution in [0.3, 0.4) is 0 Å². The van der Waals surface area contributed by atoms with Crippen LogP contribution in [-0.2, 0) is 0 Å². The number of ether oxygens (including phenoxy) is 1. The van der Waals surface area contributed by atoms with Crippen molar-refractivity contribution in [1.29, 1.82) is 0 Å². The number of pyridine rings is 1. The lowest BCUT2D eigenvalue weighted by atomic mass is 10.2. The zero-order valence-corrected chi connectivity index (χ0v) is 13.7. The van der Waals surface area contributed by atoms with E-state index in [1.807, 2.05) is 19.1 Å². The maximum absolute atomic E-state index is 12.6. The monoisotopic (exact) mass is 346 g/mol. The standard InChI is InChI=1S/C17H16F2N4O2/c1-10-20-12-7-6-11(8-14(12)21-10)23(2)17(24)13-4-3-5-16(22-13)25-9-15(18)19/h3-8,15H,9H2,1-2H3,(H,20,21). The number of alkyl halides is 2. The number of nitrogens with zero attached hydrogens (tertiary/aromatic N) is 3. The first-order valence-electron chi connectivity index (χ1n) is 7.56. The fourth-order valence-corrected chi connectivity index (χ4v) is 2.39. The van der Waals surface area contributed by atoms with Crippen LogP contribution in [0.4, 0.5) is 14.5 Å². The third kappa shape index (κ3) is 3.73. The van der Waals surface area contributed by atoms with Crippen molar-refractivity contribution >= 4 is 22.6 Å². The predicted molar refractivity (Wildman–Crippen MR) is 89.3 cm³/mol. The van der Waals surface area contributed by atoms with E-state index >= 15 is 0 Å². The van der Waals surface area contributed by atoms with E-state index in [2.05, 4.69) is 15.0 Å². The third-order valence-electron chi connectivity index (χ3n) is 3.58. The number of carbonyl (C=O) groups is 1. The van der Waals surface area contributed by atoms with Gasteiger partial charge in [0.05, 0.1) is 11.0 Å². The Balaban J connectivity index is 1.82. The van der Waals surface area contributed by atoms with Crippen LogP contribution in [-0.4, -0.2) is 40.9 Å². The molecule has 0 fully saturated rings. The van der Waals surface area contributed by atoms with E-state index < -0.39 is 13.0 Å². The van der Waals surface area contributed by atoms with Gasteiger partial charge in [0.1, 0.15) is 11.5 Å². The summed E-state index contributed by atoms with van der Waals surface area (Å²) in [7, 11) is 1.61. The summed E-state index contributed by atoms with van der Waals surface area (Å²) in [5, 5.41) is 0. The van der Waals surface area contributed by atoms with Crippen LogP contribution < -0.4 is 9.64 Å². The zero-order chi connectivity index (χ0) is 18.0. The fraction of sp³-hybridized carbons (Fsp3) is 0.235. The molecular weight excluding hydrogens is 330 g/mol. The molecule has 0 saturated carbocycles. The molecule has 0 atom stereocenters. The molecule has 0 aliphatic rings. The van der Waals surface area contributed by atoms with E-state index in [0.717, 1.165) is 16.9 Å². The normalized spacial score (nSPS) is 11.1. The minimum absolute atomic E-state index is 0.0146. The number of aromatic nitrogens is 3. The van der Waals surface area contributed by atoms with Crippen LogP contribution in [0.2, 0.25) is 0 Å². The van der Waals surface area contributed by atoms with Crippen LogP contribution in [0.1, 0.15) is 16.3 Å². The molecule has 6 nitrogen and oxygen atoms in total. The van der Waals surface area contributed by atoms with Crippen molar-refractivity contribution in [2.75, 3.05) is 18.6 Å². The number of H-pyrrole nitrogens is 1. The quantitative estimate of drug-likeness (QED) is 0.770. The molecular formula is C17H16F2N4O2. The number of benzene rings is 1. The summed E-state index contributed by atoms with van der Waals surface area (Å²) < 4.78 is 29.3. The second kappa shape index (κ2) is 6.84. The summed E-state index contributed by atoms with van der Waals surface area (Å²) in [4.78, 5) is 25.5. The van der Waals surface area contributed by atoms with Crippen molar-refractivity contribution in [3.8, 4) is 5.88 Å². The molecule has 0 aliphatic heterocycles. The Kier molecular flexibility index (Phi) is 4.60. The highest BCUT2D eigenvalue weighted by molar-refractivity contribution is 6.05. The molecule has 2 heterocycles. The van der Waals surface area contributed by atoms with Gasteiger partial charge in [0, 0.05) is 18.8 Å². The Morgan fingerprint density at radius 1 is 1.28 bits per heavy atom. The van der Waals surface area contributed by atoms with Crippen LogP contribution >= 0.6 is 0 Å². The first-order chi connectivity index (χ1) is 11.9. The van der Waals surface area contributed by atoms with E-state index in [0.29, 0.717) is 5.69 Å². The molecule has 0 spiro atoms. The lowest BCUT2D eigenvalue weighted by Gasteiger charge is -2.17. The highest BCUT2D eigenvalue weighted by atomic mass is 19.3. The molecule has 0 bridgehead atoms. The minimum Gasteiger partial charge on any atom is -0.472 e. The maximum Gasteiger partial charge on any atom is 0.276 e. The van der Waals surface area contributed by atoms with Crippen molar-refractivity contribution in [1.82, 2.24) is 15.0 Å². The highest BCUT2D eigenvalue weighted by Crippen LogP contribution is 2.21. The number of hydrogen-bond donors (Lipinski definition) is 1. The van der Waals surface area contributed by atoms with Crippen LogP contribution in [0.5, 0.6) is 5.88 Å². The Bertz CT molecular complexity index is 911. The summed E-state index contributed by atoms with van der Waals surface area (Å²) >= 11 is 0. The van der Waals surface area contributed by atoms with Crippen molar-refractivity contribution in [3.05, 3.63) is 47.9 Å². The van der Waals surface area contributed by atoms with Gasteiger partial charge in [0.2, 0.25) is 5.88 Å². The van der Waals surface area contributed by atoms with Gasteiger partial charge < -0.3 is 14.6 Å². The number of hydrogen-bond acceptors (Lipinski definition) is 4. The number of aromatic amines is 1. The first kappa shape index (κ1) is 16.8.